The predicted molar refractivity (Wildman–Crippen MR) is 92.0 cm³/mol. The lowest BCUT2D eigenvalue weighted by atomic mass is 10.0. The molecule has 23 heavy (non-hydrogen) atoms. The minimum atomic E-state index is -0.0689. The summed E-state index contributed by atoms with van der Waals surface area (Å²) < 4.78 is 5.26. The fraction of sp³-hybridized carbons (Fsp3) is 0.375. The molecule has 1 amide bonds. The van der Waals surface area contributed by atoms with E-state index < -0.39 is 0 Å². The van der Waals surface area contributed by atoms with E-state index in [0.29, 0.717) is 40.7 Å². The van der Waals surface area contributed by atoms with Gasteiger partial charge in [-0.3, -0.25) is 4.79 Å². The number of halogens is 2. The number of benzene rings is 1. The molecule has 124 valence electrons. The van der Waals surface area contributed by atoms with Crippen LogP contribution in [0.5, 0.6) is 0 Å². The number of amides is 1. The summed E-state index contributed by atoms with van der Waals surface area (Å²) >= 11 is 6.23. The number of aromatic nitrogens is 1. The lowest BCUT2D eigenvalue weighted by Gasteiger charge is -2.30. The van der Waals surface area contributed by atoms with Crippen LogP contribution in [-0.2, 0) is 0 Å². The van der Waals surface area contributed by atoms with Crippen molar-refractivity contribution in [1.29, 1.82) is 0 Å². The Morgan fingerprint density at radius 3 is 2.65 bits per heavy atom. The number of hydrogen-bond acceptors (Lipinski definition) is 4. The number of likely N-dealkylation sites (tertiary alicyclic amines) is 1. The third-order valence-electron chi connectivity index (χ3n) is 4.03. The number of nitrogens with two attached hydrogens (primary N) is 1. The molecule has 5 nitrogen and oxygen atoms in total. The molecule has 0 atom stereocenters. The molecule has 1 saturated heterocycles. The molecule has 2 aromatic rings. The molecule has 1 aromatic heterocycles. The number of carbonyl (C=O) groups is 1. The monoisotopic (exact) mass is 355 g/mol. The van der Waals surface area contributed by atoms with E-state index in [1.54, 1.807) is 13.0 Å². The smallest absolute Gasteiger partial charge is 0.259 e. The van der Waals surface area contributed by atoms with Crippen LogP contribution in [0.2, 0.25) is 5.02 Å². The van der Waals surface area contributed by atoms with E-state index in [1.807, 2.05) is 23.1 Å². The highest BCUT2D eigenvalue weighted by atomic mass is 35.5. The first-order valence-corrected chi connectivity index (χ1v) is 7.71. The molecule has 0 unspecified atom stereocenters. The Bertz CT molecular complexity index is 694. The standard InChI is InChI=1S/C16H18ClN3O2.ClH/c1-10-14(16(21)20-8-6-11(18)7-9-20)15(19-22-10)12-4-2-3-5-13(12)17;/h2-5,11H,6-9,18H2,1H3;1H. The summed E-state index contributed by atoms with van der Waals surface area (Å²) in [7, 11) is 0. The lowest BCUT2D eigenvalue weighted by molar-refractivity contribution is 0.0713. The van der Waals surface area contributed by atoms with Crippen molar-refractivity contribution in [1.82, 2.24) is 10.1 Å². The molecule has 3 rings (SSSR count). The van der Waals surface area contributed by atoms with Gasteiger partial charge >= 0.3 is 0 Å². The van der Waals surface area contributed by atoms with E-state index >= 15 is 0 Å². The van der Waals surface area contributed by atoms with Gasteiger partial charge in [-0.25, -0.2) is 0 Å². The number of carbonyl (C=O) groups excluding carboxylic acids is 1. The molecule has 0 saturated carbocycles. The molecule has 7 heteroatoms. The topological polar surface area (TPSA) is 72.4 Å². The first-order valence-electron chi connectivity index (χ1n) is 7.34. The van der Waals surface area contributed by atoms with Gasteiger partial charge in [-0.05, 0) is 25.8 Å². The zero-order chi connectivity index (χ0) is 15.7. The van der Waals surface area contributed by atoms with E-state index in [0.717, 1.165) is 12.8 Å². The minimum Gasteiger partial charge on any atom is -0.360 e. The van der Waals surface area contributed by atoms with E-state index in [9.17, 15) is 4.79 Å². The largest absolute Gasteiger partial charge is 0.360 e. The van der Waals surface area contributed by atoms with Crippen molar-refractivity contribution in [2.45, 2.75) is 25.8 Å². The molecule has 0 spiro atoms. The Balaban J connectivity index is 0.00000192. The van der Waals surface area contributed by atoms with Gasteiger partial charge in [0.25, 0.3) is 5.91 Å². The highest BCUT2D eigenvalue weighted by Gasteiger charge is 2.28. The average Bonchev–Trinajstić information content (AvgIpc) is 2.89. The van der Waals surface area contributed by atoms with Crippen molar-refractivity contribution in [3.05, 3.63) is 40.6 Å². The molecule has 1 aliphatic rings. The van der Waals surface area contributed by atoms with E-state index in [-0.39, 0.29) is 24.4 Å². The number of rotatable bonds is 2. The second-order valence-electron chi connectivity index (χ2n) is 5.57. The first kappa shape index (κ1) is 17.8. The quantitative estimate of drug-likeness (QED) is 0.896. The summed E-state index contributed by atoms with van der Waals surface area (Å²) in [5, 5.41) is 4.59. The molecule has 2 heterocycles. The summed E-state index contributed by atoms with van der Waals surface area (Å²) in [6.07, 6.45) is 1.63. The van der Waals surface area contributed by atoms with Crippen molar-refractivity contribution in [3.63, 3.8) is 0 Å². The first-order chi connectivity index (χ1) is 10.6. The maximum Gasteiger partial charge on any atom is 0.259 e. The summed E-state index contributed by atoms with van der Waals surface area (Å²) in [5.74, 6) is 0.440. The Kier molecular flexibility index (Phi) is 5.68. The Morgan fingerprint density at radius 1 is 1.35 bits per heavy atom. The number of nitrogens with zero attached hydrogens (tertiary/aromatic N) is 2. The van der Waals surface area contributed by atoms with Crippen LogP contribution in [0.3, 0.4) is 0 Å². The van der Waals surface area contributed by atoms with E-state index in [1.165, 1.54) is 0 Å². The highest BCUT2D eigenvalue weighted by Crippen LogP contribution is 2.32. The second-order valence-corrected chi connectivity index (χ2v) is 5.98. The van der Waals surface area contributed by atoms with Crippen molar-refractivity contribution in [2.75, 3.05) is 13.1 Å². The Morgan fingerprint density at radius 2 is 2.00 bits per heavy atom. The molecule has 0 bridgehead atoms. The second kappa shape index (κ2) is 7.34. The third-order valence-corrected chi connectivity index (χ3v) is 4.36. The number of piperidine rings is 1. The third kappa shape index (κ3) is 3.52. The summed E-state index contributed by atoms with van der Waals surface area (Å²) in [6.45, 7) is 3.06. The fourth-order valence-corrected chi connectivity index (χ4v) is 2.95. The van der Waals surface area contributed by atoms with Crippen LogP contribution in [-0.4, -0.2) is 35.1 Å². The van der Waals surface area contributed by atoms with Gasteiger partial charge in [-0.1, -0.05) is 35.0 Å². The maximum atomic E-state index is 12.8. The normalized spacial score (nSPS) is 15.3. The van der Waals surface area contributed by atoms with Gasteiger partial charge in [0.15, 0.2) is 0 Å². The number of aryl methyl sites for hydroxylation is 1. The van der Waals surface area contributed by atoms with Gasteiger partial charge in [-0.2, -0.15) is 0 Å². The number of hydrogen-bond donors (Lipinski definition) is 1. The van der Waals surface area contributed by atoms with Gasteiger partial charge < -0.3 is 15.2 Å². The molecular weight excluding hydrogens is 337 g/mol. The van der Waals surface area contributed by atoms with E-state index in [2.05, 4.69) is 5.16 Å². The van der Waals surface area contributed by atoms with Crippen LogP contribution in [0.4, 0.5) is 0 Å². The van der Waals surface area contributed by atoms with Crippen LogP contribution in [0, 0.1) is 6.92 Å². The van der Waals surface area contributed by atoms with Crippen LogP contribution >= 0.6 is 24.0 Å². The summed E-state index contributed by atoms with van der Waals surface area (Å²) in [4.78, 5) is 14.6. The van der Waals surface area contributed by atoms with Gasteiger partial charge in [0.2, 0.25) is 0 Å². The van der Waals surface area contributed by atoms with Crippen molar-refractivity contribution >= 4 is 29.9 Å². The highest BCUT2D eigenvalue weighted by molar-refractivity contribution is 6.33. The van der Waals surface area contributed by atoms with E-state index in [4.69, 9.17) is 21.9 Å². The molecule has 1 aromatic carbocycles. The van der Waals surface area contributed by atoms with Crippen LogP contribution in [0.15, 0.2) is 28.8 Å². The summed E-state index contributed by atoms with van der Waals surface area (Å²) in [6, 6.07) is 7.49. The predicted octanol–water partition coefficient (Wildman–Crippen LogP) is 3.29. The zero-order valence-corrected chi connectivity index (χ0v) is 14.4. The fourth-order valence-electron chi connectivity index (χ4n) is 2.72. The minimum absolute atomic E-state index is 0. The summed E-state index contributed by atoms with van der Waals surface area (Å²) in [5.41, 5.74) is 7.60. The van der Waals surface area contributed by atoms with Crippen molar-refractivity contribution in [3.8, 4) is 11.3 Å². The molecule has 1 fully saturated rings. The van der Waals surface area contributed by atoms with Crippen molar-refractivity contribution in [2.24, 2.45) is 5.73 Å². The van der Waals surface area contributed by atoms with Gasteiger partial charge in [0.1, 0.15) is 17.0 Å². The zero-order valence-electron chi connectivity index (χ0n) is 12.8. The lowest BCUT2D eigenvalue weighted by Crippen LogP contribution is -2.43. The molecule has 0 radical (unpaired) electrons. The van der Waals surface area contributed by atoms with Crippen LogP contribution in [0.25, 0.3) is 11.3 Å². The molecule has 1 aliphatic heterocycles. The SMILES string of the molecule is Cc1onc(-c2ccccc2Cl)c1C(=O)N1CCC(N)CC1.Cl. The van der Waals surface area contributed by atoms with Gasteiger partial charge in [-0.15, -0.1) is 12.4 Å². The molecule has 2 N–H and O–H groups in total. The van der Waals surface area contributed by atoms with Crippen LogP contribution < -0.4 is 5.73 Å². The van der Waals surface area contributed by atoms with Gasteiger partial charge in [0.05, 0.1) is 5.02 Å². The maximum absolute atomic E-state index is 12.8. The Hall–Kier alpha value is -1.56. The average molecular weight is 356 g/mol. The van der Waals surface area contributed by atoms with Crippen molar-refractivity contribution < 1.29 is 9.32 Å². The van der Waals surface area contributed by atoms with Gasteiger partial charge in [0, 0.05) is 24.7 Å². The molecule has 0 aliphatic carbocycles. The Labute approximate surface area is 146 Å². The molecular formula is C16H19Cl2N3O2. The van der Waals surface area contributed by atoms with Crippen LogP contribution in [0.1, 0.15) is 29.0 Å².